The summed E-state index contributed by atoms with van der Waals surface area (Å²) in [4.78, 5) is 22.1. The van der Waals surface area contributed by atoms with Crippen molar-refractivity contribution < 1.29 is 13.2 Å². The van der Waals surface area contributed by atoms with E-state index in [1.54, 1.807) is 11.4 Å². The summed E-state index contributed by atoms with van der Waals surface area (Å²) in [5, 5.41) is 1.98. The van der Waals surface area contributed by atoms with Crippen LogP contribution in [0.2, 0.25) is 0 Å². The fraction of sp³-hybridized carbons (Fsp3) is 0.438. The molecule has 1 amide bonds. The lowest BCUT2D eigenvalue weighted by Crippen LogP contribution is -2.38. The molecule has 140 valence electrons. The number of piperidine rings is 1. The van der Waals surface area contributed by atoms with Crippen molar-refractivity contribution in [2.45, 2.75) is 34.0 Å². The number of likely N-dealkylation sites (tertiary alicyclic amines) is 1. The van der Waals surface area contributed by atoms with Crippen molar-refractivity contribution >= 4 is 44.7 Å². The zero-order chi connectivity index (χ0) is 18.7. The normalized spacial score (nSPS) is 16.0. The van der Waals surface area contributed by atoms with E-state index in [4.69, 9.17) is 5.73 Å². The van der Waals surface area contributed by atoms with Crippen molar-refractivity contribution in [3.63, 3.8) is 0 Å². The van der Waals surface area contributed by atoms with Gasteiger partial charge in [0, 0.05) is 13.1 Å². The summed E-state index contributed by atoms with van der Waals surface area (Å²) < 4.78 is 25.2. The molecule has 1 fully saturated rings. The van der Waals surface area contributed by atoms with Crippen LogP contribution in [0.3, 0.4) is 0 Å². The van der Waals surface area contributed by atoms with Crippen LogP contribution in [0.5, 0.6) is 0 Å². The van der Waals surface area contributed by atoms with E-state index >= 15 is 0 Å². The molecule has 1 saturated heterocycles. The maximum atomic E-state index is 12.5. The smallest absolute Gasteiger partial charge is 0.233 e. The lowest BCUT2D eigenvalue weighted by atomic mass is 9.99. The third kappa shape index (κ3) is 4.18. The number of carbonyl (C=O) groups excluding carboxylic acids is 1. The second-order valence-electron chi connectivity index (χ2n) is 6.19. The number of hydrogen-bond acceptors (Lipinski definition) is 8. The Kier molecular flexibility index (Phi) is 5.83. The van der Waals surface area contributed by atoms with Gasteiger partial charge in [0.1, 0.15) is 14.9 Å². The van der Waals surface area contributed by atoms with Crippen LogP contribution < -0.4 is 5.73 Å². The molecule has 0 unspecified atom stereocenters. The highest BCUT2D eigenvalue weighted by Crippen LogP contribution is 2.28. The highest BCUT2D eigenvalue weighted by molar-refractivity contribution is 7.99. The number of rotatable bonds is 5. The molecule has 2 aromatic heterocycles. The third-order valence-corrected chi connectivity index (χ3v) is 8.29. The summed E-state index contributed by atoms with van der Waals surface area (Å²) in [6, 6.07) is 3.17. The number of nitrogen functional groups attached to an aromatic ring is 1. The summed E-state index contributed by atoms with van der Waals surface area (Å²) in [6.45, 7) is 3.75. The second-order valence-corrected chi connectivity index (χ2v) is 10.2. The molecule has 26 heavy (non-hydrogen) atoms. The van der Waals surface area contributed by atoms with E-state index < -0.39 is 9.84 Å². The van der Waals surface area contributed by atoms with Gasteiger partial charge in [0.25, 0.3) is 0 Å². The molecule has 2 N–H and O–H groups in total. The van der Waals surface area contributed by atoms with Crippen molar-refractivity contribution in [2.75, 3.05) is 24.6 Å². The van der Waals surface area contributed by atoms with Crippen LogP contribution >= 0.6 is 23.1 Å². The van der Waals surface area contributed by atoms with Crippen molar-refractivity contribution in [1.82, 2.24) is 14.9 Å². The standard InChI is InChI=1S/C16H20N4O3S3/c1-11-4-6-20(7-5-11)13(21)10-25-16-18-9-12(15(17)19-16)26(22,23)14-3-2-8-24-14/h2-3,8-9,11H,4-7,10H2,1H3,(H2,17,18,19). The Bertz CT molecular complexity index is 876. The van der Waals surface area contributed by atoms with E-state index in [-0.39, 0.29) is 26.6 Å². The average molecular weight is 413 g/mol. The van der Waals surface area contributed by atoms with E-state index in [0.717, 1.165) is 37.3 Å². The molecule has 2 aromatic rings. The van der Waals surface area contributed by atoms with Crippen molar-refractivity contribution in [3.8, 4) is 0 Å². The molecule has 3 rings (SSSR count). The molecule has 0 radical (unpaired) electrons. The number of amides is 1. The number of hydrogen-bond donors (Lipinski definition) is 1. The molecular formula is C16H20N4O3S3. The minimum Gasteiger partial charge on any atom is -0.382 e. The highest BCUT2D eigenvalue weighted by Gasteiger charge is 2.24. The minimum atomic E-state index is -3.71. The zero-order valence-electron chi connectivity index (χ0n) is 14.3. The number of nitrogens with zero attached hydrogens (tertiary/aromatic N) is 3. The third-order valence-electron chi connectivity index (χ3n) is 4.27. The molecule has 7 nitrogen and oxygen atoms in total. The Morgan fingerprint density at radius 3 is 2.77 bits per heavy atom. The van der Waals surface area contributed by atoms with Gasteiger partial charge >= 0.3 is 0 Å². The van der Waals surface area contributed by atoms with Crippen molar-refractivity contribution in [3.05, 3.63) is 23.7 Å². The SMILES string of the molecule is CC1CCN(C(=O)CSc2ncc(S(=O)(=O)c3cccs3)c(N)n2)CC1. The van der Waals surface area contributed by atoms with Crippen LogP contribution in [0.4, 0.5) is 5.82 Å². The van der Waals surface area contributed by atoms with Gasteiger partial charge in [0.15, 0.2) is 5.16 Å². The van der Waals surface area contributed by atoms with E-state index in [1.807, 2.05) is 4.90 Å². The number of anilines is 1. The zero-order valence-corrected chi connectivity index (χ0v) is 16.7. The predicted octanol–water partition coefficient (Wildman–Crippen LogP) is 2.30. The highest BCUT2D eigenvalue weighted by atomic mass is 32.2. The first-order valence-corrected chi connectivity index (χ1v) is 11.5. The molecule has 0 atom stereocenters. The van der Waals surface area contributed by atoms with Crippen molar-refractivity contribution in [2.24, 2.45) is 5.92 Å². The average Bonchev–Trinajstić information content (AvgIpc) is 3.15. The van der Waals surface area contributed by atoms with Gasteiger partial charge in [-0.25, -0.2) is 18.4 Å². The Balaban J connectivity index is 1.66. The van der Waals surface area contributed by atoms with Gasteiger partial charge < -0.3 is 10.6 Å². The minimum absolute atomic E-state index is 0.0411. The first kappa shape index (κ1) is 19.1. The Labute approximate surface area is 160 Å². The van der Waals surface area contributed by atoms with Gasteiger partial charge in [0.05, 0.1) is 11.9 Å². The molecule has 1 aliphatic rings. The van der Waals surface area contributed by atoms with Crippen LogP contribution in [-0.2, 0) is 14.6 Å². The van der Waals surface area contributed by atoms with E-state index in [9.17, 15) is 13.2 Å². The maximum absolute atomic E-state index is 12.5. The summed E-state index contributed by atoms with van der Waals surface area (Å²) >= 11 is 2.28. The van der Waals surface area contributed by atoms with Gasteiger partial charge in [-0.3, -0.25) is 4.79 Å². The first-order chi connectivity index (χ1) is 12.4. The lowest BCUT2D eigenvalue weighted by molar-refractivity contribution is -0.129. The van der Waals surface area contributed by atoms with Gasteiger partial charge in [-0.15, -0.1) is 11.3 Å². The van der Waals surface area contributed by atoms with Gasteiger partial charge in [0.2, 0.25) is 15.7 Å². The quantitative estimate of drug-likeness (QED) is 0.593. The maximum Gasteiger partial charge on any atom is 0.233 e. The van der Waals surface area contributed by atoms with Crippen LogP contribution in [0.25, 0.3) is 0 Å². The summed E-state index contributed by atoms with van der Waals surface area (Å²) in [5.74, 6) is 0.812. The first-order valence-electron chi connectivity index (χ1n) is 8.19. The van der Waals surface area contributed by atoms with Crippen LogP contribution in [0.15, 0.2) is 38.0 Å². The molecule has 10 heteroatoms. The van der Waals surface area contributed by atoms with Gasteiger partial charge in [-0.1, -0.05) is 24.8 Å². The topological polar surface area (TPSA) is 106 Å². The predicted molar refractivity (Wildman–Crippen MR) is 102 cm³/mol. The molecule has 0 saturated carbocycles. The summed E-state index contributed by atoms with van der Waals surface area (Å²) in [7, 11) is -3.71. The van der Waals surface area contributed by atoms with E-state index in [0.29, 0.717) is 11.1 Å². The molecule has 0 bridgehead atoms. The number of nitrogens with two attached hydrogens (primary N) is 1. The molecule has 0 spiro atoms. The van der Waals surface area contributed by atoms with Crippen LogP contribution in [0, 0.1) is 5.92 Å². The molecule has 3 heterocycles. The largest absolute Gasteiger partial charge is 0.382 e. The molecule has 1 aliphatic heterocycles. The van der Waals surface area contributed by atoms with Crippen LogP contribution in [-0.4, -0.2) is 48.0 Å². The van der Waals surface area contributed by atoms with Gasteiger partial charge in [-0.2, -0.15) is 0 Å². The molecule has 0 aliphatic carbocycles. The van der Waals surface area contributed by atoms with Crippen LogP contribution in [0.1, 0.15) is 19.8 Å². The molecular weight excluding hydrogens is 392 g/mol. The number of sulfone groups is 1. The van der Waals surface area contributed by atoms with Gasteiger partial charge in [-0.05, 0) is 30.2 Å². The molecule has 0 aromatic carbocycles. The Morgan fingerprint density at radius 1 is 1.42 bits per heavy atom. The van der Waals surface area contributed by atoms with Crippen molar-refractivity contribution in [1.29, 1.82) is 0 Å². The van der Waals surface area contributed by atoms with E-state index in [1.165, 1.54) is 24.0 Å². The number of thiophene rings is 1. The summed E-state index contributed by atoms with van der Waals surface area (Å²) in [5.41, 5.74) is 5.84. The fourth-order valence-corrected chi connectivity index (χ4v) is 5.75. The number of thioether (sulfide) groups is 1. The monoisotopic (exact) mass is 412 g/mol. The fourth-order valence-electron chi connectivity index (χ4n) is 2.64. The second kappa shape index (κ2) is 7.93. The number of carbonyl (C=O) groups is 1. The van der Waals surface area contributed by atoms with E-state index in [2.05, 4.69) is 16.9 Å². The summed E-state index contributed by atoms with van der Waals surface area (Å²) in [6.07, 6.45) is 3.26. The Morgan fingerprint density at radius 2 is 2.15 bits per heavy atom. The number of aromatic nitrogens is 2. The Hall–Kier alpha value is -1.65. The lowest BCUT2D eigenvalue weighted by Gasteiger charge is -2.30.